The van der Waals surface area contributed by atoms with E-state index in [-0.39, 0.29) is 23.7 Å². The molecule has 0 amide bonds. The monoisotopic (exact) mass is 593 g/mol. The summed E-state index contributed by atoms with van der Waals surface area (Å²) in [6, 6.07) is 25.1. The van der Waals surface area contributed by atoms with Gasteiger partial charge in [-0.05, 0) is 43.3 Å². The molecule has 12 nitrogen and oxygen atoms in total. The van der Waals surface area contributed by atoms with E-state index in [1.165, 1.54) is 17.1 Å². The number of esters is 3. The van der Waals surface area contributed by atoms with Crippen molar-refractivity contribution < 1.29 is 33.3 Å². The summed E-state index contributed by atoms with van der Waals surface area (Å²) < 4.78 is 25.8. The highest BCUT2D eigenvalue weighted by Crippen LogP contribution is 2.45. The van der Waals surface area contributed by atoms with E-state index in [0.717, 1.165) is 0 Å². The van der Waals surface area contributed by atoms with Crippen LogP contribution in [-0.2, 0) is 18.9 Å². The fourth-order valence-electron chi connectivity index (χ4n) is 5.07. The Morgan fingerprint density at radius 2 is 1.41 bits per heavy atom. The maximum atomic E-state index is 13.5. The van der Waals surface area contributed by atoms with Crippen molar-refractivity contribution in [2.75, 3.05) is 12.3 Å². The first-order valence-corrected chi connectivity index (χ1v) is 13.7. The van der Waals surface area contributed by atoms with Gasteiger partial charge in [-0.3, -0.25) is 4.57 Å². The van der Waals surface area contributed by atoms with Crippen LogP contribution in [0.25, 0.3) is 11.2 Å². The van der Waals surface area contributed by atoms with Crippen LogP contribution in [0.3, 0.4) is 0 Å². The van der Waals surface area contributed by atoms with Crippen LogP contribution in [0.5, 0.6) is 0 Å². The zero-order valence-corrected chi connectivity index (χ0v) is 23.5. The molecule has 6 rings (SSSR count). The van der Waals surface area contributed by atoms with Crippen molar-refractivity contribution in [1.29, 1.82) is 0 Å². The predicted molar refractivity (Wildman–Crippen MR) is 156 cm³/mol. The Balaban J connectivity index is 1.41. The Morgan fingerprint density at radius 1 is 0.841 bits per heavy atom. The van der Waals surface area contributed by atoms with E-state index < -0.39 is 41.9 Å². The first-order valence-electron chi connectivity index (χ1n) is 13.7. The van der Waals surface area contributed by atoms with E-state index in [4.69, 9.17) is 24.7 Å². The van der Waals surface area contributed by atoms with E-state index in [1.807, 2.05) is 0 Å². The molecule has 1 fully saturated rings. The van der Waals surface area contributed by atoms with Crippen LogP contribution in [0.4, 0.5) is 5.95 Å². The Labute approximate surface area is 251 Å². The minimum Gasteiger partial charge on any atom is -0.459 e. The largest absolute Gasteiger partial charge is 0.459 e. The number of nitrogen functional groups attached to an aromatic ring is 1. The molecule has 222 valence electrons. The maximum absolute atomic E-state index is 13.5. The summed E-state index contributed by atoms with van der Waals surface area (Å²) >= 11 is 0. The number of rotatable bonds is 8. The van der Waals surface area contributed by atoms with Gasteiger partial charge in [-0.15, -0.1) is 0 Å². The predicted octanol–water partition coefficient (Wildman–Crippen LogP) is 4.00. The van der Waals surface area contributed by atoms with E-state index in [0.29, 0.717) is 16.7 Å². The van der Waals surface area contributed by atoms with Gasteiger partial charge >= 0.3 is 17.9 Å². The van der Waals surface area contributed by atoms with Crippen LogP contribution in [0.1, 0.15) is 44.2 Å². The Hall–Kier alpha value is -5.62. The second-order valence-electron chi connectivity index (χ2n) is 10.2. The number of anilines is 1. The lowest BCUT2D eigenvalue weighted by Crippen LogP contribution is -2.50. The summed E-state index contributed by atoms with van der Waals surface area (Å²) in [7, 11) is 0. The Morgan fingerprint density at radius 3 is 2.02 bits per heavy atom. The third kappa shape index (κ3) is 5.57. The standard InChI is InChI=1S/C32H27N5O7/c1-32(44-29(40)22-15-9-4-10-16-22)25(43-28(39)21-13-7-3-8-14-21)24(18-41-27(38)20-11-5-2-6-12-20)42-30(32)37-19-35-23-17-34-31(33)36-26(23)37/h2-17,19,24-25,30H,18H2,1H3,(H2,33,34,36)/t24-,25-,30-,32-/m1/s1. The number of nitrogens with zero attached hydrogens (tertiary/aromatic N) is 4. The number of aromatic nitrogens is 4. The molecule has 3 heterocycles. The van der Waals surface area contributed by atoms with Crippen LogP contribution in [-0.4, -0.2) is 61.8 Å². The van der Waals surface area contributed by atoms with Crippen molar-refractivity contribution in [3.63, 3.8) is 0 Å². The fourth-order valence-corrected chi connectivity index (χ4v) is 5.07. The number of ether oxygens (including phenoxy) is 4. The lowest BCUT2D eigenvalue weighted by molar-refractivity contribution is -0.108. The van der Waals surface area contributed by atoms with Gasteiger partial charge in [0.15, 0.2) is 23.6 Å². The number of imidazole rings is 1. The molecule has 1 aliphatic heterocycles. The Bertz CT molecular complexity index is 1800. The quantitative estimate of drug-likeness (QED) is 0.205. The van der Waals surface area contributed by atoms with Gasteiger partial charge in [0.05, 0.1) is 29.2 Å². The van der Waals surface area contributed by atoms with Crippen LogP contribution < -0.4 is 5.73 Å². The summed E-state index contributed by atoms with van der Waals surface area (Å²) in [5.41, 5.74) is 5.74. The molecule has 0 aliphatic carbocycles. The maximum Gasteiger partial charge on any atom is 0.338 e. The smallest absolute Gasteiger partial charge is 0.338 e. The van der Waals surface area contributed by atoms with Crippen LogP contribution >= 0.6 is 0 Å². The van der Waals surface area contributed by atoms with Crippen molar-refractivity contribution in [2.24, 2.45) is 0 Å². The molecule has 2 aromatic heterocycles. The summed E-state index contributed by atoms with van der Waals surface area (Å²) in [6.07, 6.45) is -0.600. The normalized spacial score (nSPS) is 21.1. The van der Waals surface area contributed by atoms with E-state index in [9.17, 15) is 14.4 Å². The van der Waals surface area contributed by atoms with Gasteiger partial charge in [0.1, 0.15) is 18.2 Å². The number of hydrogen-bond donors (Lipinski definition) is 1. The molecular formula is C32H27N5O7. The highest BCUT2D eigenvalue weighted by molar-refractivity contribution is 5.91. The number of carbonyl (C=O) groups is 3. The molecule has 2 N–H and O–H groups in total. The average Bonchev–Trinajstić information content (AvgIpc) is 3.58. The first-order chi connectivity index (χ1) is 21.3. The van der Waals surface area contributed by atoms with Gasteiger partial charge in [-0.1, -0.05) is 54.6 Å². The second kappa shape index (κ2) is 11.9. The van der Waals surface area contributed by atoms with Crippen molar-refractivity contribution in [2.45, 2.75) is 31.0 Å². The molecule has 4 atom stereocenters. The summed E-state index contributed by atoms with van der Waals surface area (Å²) in [4.78, 5) is 52.5. The first kappa shape index (κ1) is 28.5. The lowest BCUT2D eigenvalue weighted by Gasteiger charge is -2.34. The minimum atomic E-state index is -1.69. The third-order valence-corrected chi connectivity index (χ3v) is 7.24. The molecule has 3 aromatic carbocycles. The Kier molecular flexibility index (Phi) is 7.73. The third-order valence-electron chi connectivity index (χ3n) is 7.24. The van der Waals surface area contributed by atoms with Gasteiger partial charge in [0.25, 0.3) is 0 Å². The summed E-state index contributed by atoms with van der Waals surface area (Å²) in [5.74, 6) is -2.01. The highest BCUT2D eigenvalue weighted by Gasteiger charge is 2.60. The number of benzene rings is 3. The van der Waals surface area contributed by atoms with Crippen molar-refractivity contribution in [1.82, 2.24) is 19.5 Å². The number of fused-ring (bicyclic) bond motifs is 1. The zero-order valence-electron chi connectivity index (χ0n) is 23.5. The molecule has 1 saturated heterocycles. The number of carbonyl (C=O) groups excluding carboxylic acids is 3. The summed E-state index contributed by atoms with van der Waals surface area (Å²) in [6.45, 7) is 1.25. The second-order valence-corrected chi connectivity index (χ2v) is 10.2. The lowest BCUT2D eigenvalue weighted by atomic mass is 9.95. The highest BCUT2D eigenvalue weighted by atomic mass is 16.7. The van der Waals surface area contributed by atoms with E-state index in [2.05, 4.69) is 15.0 Å². The molecule has 44 heavy (non-hydrogen) atoms. The molecule has 1 aliphatic rings. The number of nitrogens with two attached hydrogens (primary N) is 1. The minimum absolute atomic E-state index is 0.0133. The van der Waals surface area contributed by atoms with Crippen molar-refractivity contribution in [3.8, 4) is 0 Å². The van der Waals surface area contributed by atoms with Gasteiger partial charge in [-0.2, -0.15) is 4.98 Å². The number of hydrogen-bond acceptors (Lipinski definition) is 11. The van der Waals surface area contributed by atoms with E-state index in [1.54, 1.807) is 97.9 Å². The fraction of sp³-hybridized carbons (Fsp3) is 0.188. The van der Waals surface area contributed by atoms with Crippen molar-refractivity contribution >= 4 is 35.0 Å². The SMILES string of the molecule is C[C@@]1(OC(=O)c2ccccc2)[C@H](OC(=O)c2ccccc2)[C@@H](COC(=O)c2ccccc2)O[C@H]1n1cnc2cnc(N)nc21. The molecule has 0 spiro atoms. The molecule has 5 aromatic rings. The summed E-state index contributed by atoms with van der Waals surface area (Å²) in [5, 5.41) is 0. The molecule has 12 heteroatoms. The molecule has 0 saturated carbocycles. The molecular weight excluding hydrogens is 566 g/mol. The van der Waals surface area contributed by atoms with E-state index >= 15 is 0 Å². The van der Waals surface area contributed by atoms with Crippen LogP contribution in [0.2, 0.25) is 0 Å². The van der Waals surface area contributed by atoms with Gasteiger partial charge in [-0.25, -0.2) is 24.4 Å². The average molecular weight is 594 g/mol. The zero-order chi connectivity index (χ0) is 30.7. The molecule has 0 unspecified atom stereocenters. The van der Waals surface area contributed by atoms with Gasteiger partial charge < -0.3 is 24.7 Å². The van der Waals surface area contributed by atoms with Gasteiger partial charge in [0, 0.05) is 0 Å². The van der Waals surface area contributed by atoms with Crippen molar-refractivity contribution in [3.05, 3.63) is 120 Å². The molecule has 0 radical (unpaired) electrons. The van der Waals surface area contributed by atoms with Gasteiger partial charge in [0.2, 0.25) is 5.95 Å². The topological polar surface area (TPSA) is 158 Å². The van der Waals surface area contributed by atoms with Crippen LogP contribution in [0, 0.1) is 0 Å². The molecule has 0 bridgehead atoms. The van der Waals surface area contributed by atoms with Crippen LogP contribution in [0.15, 0.2) is 104 Å².